The van der Waals surface area contributed by atoms with Gasteiger partial charge < -0.3 is 9.80 Å². The Hall–Kier alpha value is -1.39. The zero-order chi connectivity index (χ0) is 12.4. The van der Waals surface area contributed by atoms with Crippen molar-refractivity contribution in [3.8, 4) is 11.3 Å². The van der Waals surface area contributed by atoms with Gasteiger partial charge in [-0.25, -0.2) is 4.98 Å². The van der Waals surface area contributed by atoms with Gasteiger partial charge in [0.25, 0.3) is 0 Å². The highest BCUT2D eigenvalue weighted by atomic mass is 32.1. The maximum Gasteiger partial charge on any atom is 0.185 e. The summed E-state index contributed by atoms with van der Waals surface area (Å²) in [5.41, 5.74) is 2.24. The molecule has 0 N–H and O–H groups in total. The molecule has 0 unspecified atom stereocenters. The van der Waals surface area contributed by atoms with Crippen molar-refractivity contribution < 1.29 is 0 Å². The van der Waals surface area contributed by atoms with E-state index in [1.165, 1.54) is 5.56 Å². The van der Waals surface area contributed by atoms with Crippen LogP contribution in [-0.2, 0) is 0 Å². The summed E-state index contributed by atoms with van der Waals surface area (Å²) in [6, 6.07) is 11.0. The Morgan fingerprint density at radius 1 is 1.17 bits per heavy atom. The lowest BCUT2D eigenvalue weighted by Crippen LogP contribution is -2.44. The molecular formula is C14H16N3S. The molecule has 2 aromatic rings. The molecule has 1 radical (unpaired) electrons. The second-order valence-electron chi connectivity index (χ2n) is 4.59. The number of piperazine rings is 1. The summed E-state index contributed by atoms with van der Waals surface area (Å²) in [5, 5.41) is 3.29. The van der Waals surface area contributed by atoms with Crippen LogP contribution in [0.5, 0.6) is 0 Å². The topological polar surface area (TPSA) is 19.4 Å². The SMILES string of the molecule is CN1CCN(c2nc(-c3cc[c]cc3)cs2)CC1. The number of likely N-dealkylation sites (N-methyl/N-ethyl adjacent to an activating group) is 1. The first-order valence-corrected chi connectivity index (χ1v) is 7.06. The Morgan fingerprint density at radius 3 is 2.61 bits per heavy atom. The van der Waals surface area contributed by atoms with E-state index in [1.54, 1.807) is 11.3 Å². The minimum Gasteiger partial charge on any atom is -0.346 e. The Bertz CT molecular complexity index is 501. The fourth-order valence-electron chi connectivity index (χ4n) is 2.10. The molecule has 0 saturated carbocycles. The molecule has 93 valence electrons. The molecule has 0 aliphatic carbocycles. The molecule has 18 heavy (non-hydrogen) atoms. The Balaban J connectivity index is 1.78. The average Bonchev–Trinajstić information content (AvgIpc) is 2.90. The Kier molecular flexibility index (Phi) is 3.30. The van der Waals surface area contributed by atoms with Crippen LogP contribution >= 0.6 is 11.3 Å². The maximum absolute atomic E-state index is 4.74. The van der Waals surface area contributed by atoms with Gasteiger partial charge in [0.1, 0.15) is 0 Å². The first-order valence-electron chi connectivity index (χ1n) is 6.18. The van der Waals surface area contributed by atoms with Gasteiger partial charge in [-0.3, -0.25) is 0 Å². The van der Waals surface area contributed by atoms with E-state index in [-0.39, 0.29) is 0 Å². The van der Waals surface area contributed by atoms with Gasteiger partial charge in [-0.05, 0) is 13.1 Å². The standard InChI is InChI=1S/C14H16N3S/c1-16-7-9-17(10-8-16)14-15-13(11-18-14)12-5-3-2-4-6-12/h3-6,11H,7-10H2,1H3. The number of aromatic nitrogens is 1. The molecule has 1 aromatic carbocycles. The van der Waals surface area contributed by atoms with Gasteiger partial charge in [-0.1, -0.05) is 24.3 Å². The van der Waals surface area contributed by atoms with Gasteiger partial charge in [0, 0.05) is 37.1 Å². The minimum absolute atomic E-state index is 1.07. The first kappa shape index (κ1) is 11.7. The molecule has 2 heterocycles. The largest absolute Gasteiger partial charge is 0.346 e. The van der Waals surface area contributed by atoms with Crippen LogP contribution in [-0.4, -0.2) is 43.1 Å². The summed E-state index contributed by atoms with van der Waals surface area (Å²) in [4.78, 5) is 9.48. The second kappa shape index (κ2) is 5.08. The zero-order valence-corrected chi connectivity index (χ0v) is 11.3. The molecule has 1 aliphatic rings. The monoisotopic (exact) mass is 258 g/mol. The molecule has 1 aliphatic heterocycles. The normalized spacial score (nSPS) is 17.1. The van der Waals surface area contributed by atoms with Crippen LogP contribution in [0.25, 0.3) is 11.3 Å². The van der Waals surface area contributed by atoms with Gasteiger partial charge in [0.05, 0.1) is 5.69 Å². The van der Waals surface area contributed by atoms with E-state index in [1.807, 2.05) is 12.1 Å². The summed E-state index contributed by atoms with van der Waals surface area (Å²) in [6.07, 6.45) is 0. The molecule has 3 rings (SSSR count). The fraction of sp³-hybridized carbons (Fsp3) is 0.357. The summed E-state index contributed by atoms with van der Waals surface area (Å²) in [7, 11) is 2.17. The minimum atomic E-state index is 1.07. The van der Waals surface area contributed by atoms with Gasteiger partial charge in [-0.2, -0.15) is 0 Å². The van der Waals surface area contributed by atoms with Crippen molar-refractivity contribution in [1.29, 1.82) is 0 Å². The maximum atomic E-state index is 4.74. The number of hydrogen-bond donors (Lipinski definition) is 0. The van der Waals surface area contributed by atoms with E-state index in [4.69, 9.17) is 4.98 Å². The number of benzene rings is 1. The van der Waals surface area contributed by atoms with Crippen molar-refractivity contribution >= 4 is 16.5 Å². The third-order valence-corrected chi connectivity index (χ3v) is 4.18. The summed E-state index contributed by atoms with van der Waals surface area (Å²) >= 11 is 1.74. The van der Waals surface area contributed by atoms with E-state index >= 15 is 0 Å². The zero-order valence-electron chi connectivity index (χ0n) is 10.5. The van der Waals surface area contributed by atoms with Crippen molar-refractivity contribution in [2.24, 2.45) is 0 Å². The molecule has 3 nitrogen and oxygen atoms in total. The van der Waals surface area contributed by atoms with Crippen LogP contribution in [0.15, 0.2) is 29.6 Å². The first-order chi connectivity index (χ1) is 8.83. The van der Waals surface area contributed by atoms with E-state index in [0.29, 0.717) is 0 Å². The van der Waals surface area contributed by atoms with Gasteiger partial charge in [0.15, 0.2) is 5.13 Å². The average molecular weight is 258 g/mol. The third kappa shape index (κ3) is 2.40. The highest BCUT2D eigenvalue weighted by Gasteiger charge is 2.17. The van der Waals surface area contributed by atoms with E-state index < -0.39 is 0 Å². The molecule has 0 atom stereocenters. The molecule has 4 heteroatoms. The van der Waals surface area contributed by atoms with Gasteiger partial charge in [0.2, 0.25) is 0 Å². The van der Waals surface area contributed by atoms with Gasteiger partial charge >= 0.3 is 0 Å². The highest BCUT2D eigenvalue weighted by molar-refractivity contribution is 7.14. The molecule has 1 fully saturated rings. The molecule has 1 aromatic heterocycles. The molecule has 0 spiro atoms. The second-order valence-corrected chi connectivity index (χ2v) is 5.43. The smallest absolute Gasteiger partial charge is 0.185 e. The number of anilines is 1. The Labute approximate surface area is 112 Å². The van der Waals surface area contributed by atoms with Crippen LogP contribution in [0.2, 0.25) is 0 Å². The number of rotatable bonds is 2. The van der Waals surface area contributed by atoms with Crippen molar-refractivity contribution in [3.63, 3.8) is 0 Å². The van der Waals surface area contributed by atoms with Crippen molar-refractivity contribution in [3.05, 3.63) is 35.7 Å². The lowest BCUT2D eigenvalue weighted by atomic mass is 10.2. The van der Waals surface area contributed by atoms with Crippen molar-refractivity contribution in [2.45, 2.75) is 0 Å². The number of thiazole rings is 1. The van der Waals surface area contributed by atoms with Crippen LogP contribution in [0.1, 0.15) is 0 Å². The Morgan fingerprint density at radius 2 is 1.89 bits per heavy atom. The third-order valence-electron chi connectivity index (χ3n) is 3.28. The van der Waals surface area contributed by atoms with Crippen LogP contribution in [0.3, 0.4) is 0 Å². The predicted molar refractivity (Wildman–Crippen MR) is 76.1 cm³/mol. The van der Waals surface area contributed by atoms with Crippen LogP contribution in [0, 0.1) is 6.07 Å². The van der Waals surface area contributed by atoms with Crippen LogP contribution < -0.4 is 4.90 Å². The van der Waals surface area contributed by atoms with Crippen molar-refractivity contribution in [1.82, 2.24) is 9.88 Å². The van der Waals surface area contributed by atoms with E-state index in [9.17, 15) is 0 Å². The predicted octanol–water partition coefficient (Wildman–Crippen LogP) is 2.36. The number of nitrogens with zero attached hydrogens (tertiary/aromatic N) is 3. The summed E-state index contributed by atoms with van der Waals surface area (Å²) in [5.74, 6) is 0. The van der Waals surface area contributed by atoms with E-state index in [0.717, 1.165) is 37.0 Å². The molecule has 0 amide bonds. The molecular weight excluding hydrogens is 242 g/mol. The van der Waals surface area contributed by atoms with Crippen molar-refractivity contribution in [2.75, 3.05) is 38.1 Å². The molecule has 1 saturated heterocycles. The molecule has 0 bridgehead atoms. The number of hydrogen-bond acceptors (Lipinski definition) is 4. The lowest BCUT2D eigenvalue weighted by Gasteiger charge is -2.32. The summed E-state index contributed by atoms with van der Waals surface area (Å²) in [6.45, 7) is 4.39. The lowest BCUT2D eigenvalue weighted by molar-refractivity contribution is 0.313. The summed E-state index contributed by atoms with van der Waals surface area (Å²) < 4.78 is 0. The van der Waals surface area contributed by atoms with E-state index in [2.05, 4.69) is 40.4 Å². The van der Waals surface area contributed by atoms with Crippen LogP contribution in [0.4, 0.5) is 5.13 Å². The fourth-order valence-corrected chi connectivity index (χ4v) is 2.99. The quantitative estimate of drug-likeness (QED) is 0.824. The highest BCUT2D eigenvalue weighted by Crippen LogP contribution is 2.27. The van der Waals surface area contributed by atoms with Gasteiger partial charge in [-0.15, -0.1) is 11.3 Å².